The van der Waals surface area contributed by atoms with Gasteiger partial charge in [0.05, 0.1) is 12.1 Å². The predicted molar refractivity (Wildman–Crippen MR) is 51.6 cm³/mol. The molecule has 0 atom stereocenters. The average molecular weight is 178 g/mol. The van der Waals surface area contributed by atoms with E-state index in [2.05, 4.69) is 10.3 Å². The van der Waals surface area contributed by atoms with Crippen LogP contribution in [0.15, 0.2) is 18.2 Å². The number of nitrogens with zero attached hydrogens (tertiary/aromatic N) is 1. The van der Waals surface area contributed by atoms with Gasteiger partial charge in [0.15, 0.2) is 0 Å². The van der Waals surface area contributed by atoms with Gasteiger partial charge in [-0.25, -0.2) is 4.98 Å². The highest BCUT2D eigenvalue weighted by Gasteiger charge is 2.42. The highest BCUT2D eigenvalue weighted by molar-refractivity contribution is 5.41. The van der Waals surface area contributed by atoms with Crippen LogP contribution in [0.5, 0.6) is 0 Å². The molecular formula is C10H14N2O. The molecule has 0 amide bonds. The van der Waals surface area contributed by atoms with Gasteiger partial charge in [-0.1, -0.05) is 6.07 Å². The lowest BCUT2D eigenvalue weighted by Gasteiger charge is -2.14. The molecule has 0 saturated heterocycles. The van der Waals surface area contributed by atoms with Gasteiger partial charge in [-0.05, 0) is 31.9 Å². The fraction of sp³-hybridized carbons (Fsp3) is 0.500. The third kappa shape index (κ3) is 1.80. The third-order valence-electron chi connectivity index (χ3n) is 2.44. The van der Waals surface area contributed by atoms with Gasteiger partial charge in [-0.2, -0.15) is 0 Å². The van der Waals surface area contributed by atoms with Gasteiger partial charge >= 0.3 is 0 Å². The molecule has 2 rings (SSSR count). The van der Waals surface area contributed by atoms with Gasteiger partial charge in [0.2, 0.25) is 0 Å². The van der Waals surface area contributed by atoms with E-state index in [0.717, 1.165) is 24.4 Å². The van der Waals surface area contributed by atoms with Crippen molar-refractivity contribution in [2.24, 2.45) is 0 Å². The summed E-state index contributed by atoms with van der Waals surface area (Å²) >= 11 is 0. The zero-order chi connectivity index (χ0) is 9.31. The molecule has 70 valence electrons. The lowest BCUT2D eigenvalue weighted by atomic mass is 10.3. The smallest absolute Gasteiger partial charge is 0.126 e. The van der Waals surface area contributed by atoms with Crippen molar-refractivity contribution >= 4 is 5.82 Å². The molecule has 2 N–H and O–H groups in total. The Hall–Kier alpha value is -1.09. The minimum Gasteiger partial charge on any atom is -0.394 e. The normalized spacial score (nSPS) is 18.3. The molecule has 0 bridgehead atoms. The molecule has 1 aliphatic rings. The number of hydrogen-bond donors (Lipinski definition) is 2. The van der Waals surface area contributed by atoms with Crippen molar-refractivity contribution in [2.75, 3.05) is 11.9 Å². The summed E-state index contributed by atoms with van der Waals surface area (Å²) in [6.07, 6.45) is 2.08. The number of aryl methyl sites for hydroxylation is 1. The minimum atomic E-state index is -0.0687. The van der Waals surface area contributed by atoms with Crippen molar-refractivity contribution in [1.82, 2.24) is 4.98 Å². The maximum Gasteiger partial charge on any atom is 0.126 e. The van der Waals surface area contributed by atoms with E-state index < -0.39 is 0 Å². The standard InChI is InChI=1S/C10H14N2O/c1-8-3-2-4-9(11-8)12-10(7-13)5-6-10/h2-4,13H,5-7H2,1H3,(H,11,12). The van der Waals surface area contributed by atoms with Crippen molar-refractivity contribution in [3.63, 3.8) is 0 Å². The lowest BCUT2D eigenvalue weighted by Crippen LogP contribution is -2.26. The molecule has 0 spiro atoms. The fourth-order valence-corrected chi connectivity index (χ4v) is 1.36. The summed E-state index contributed by atoms with van der Waals surface area (Å²) in [5.41, 5.74) is 0.930. The Balaban J connectivity index is 2.09. The van der Waals surface area contributed by atoms with E-state index in [9.17, 15) is 0 Å². The molecule has 13 heavy (non-hydrogen) atoms. The van der Waals surface area contributed by atoms with Gasteiger partial charge in [0, 0.05) is 5.69 Å². The zero-order valence-electron chi connectivity index (χ0n) is 7.75. The Morgan fingerprint density at radius 2 is 2.31 bits per heavy atom. The molecule has 0 aromatic carbocycles. The second-order valence-corrected chi connectivity index (χ2v) is 3.73. The average Bonchev–Trinajstić information content (AvgIpc) is 2.86. The number of aliphatic hydroxyl groups excluding tert-OH is 1. The van der Waals surface area contributed by atoms with Crippen molar-refractivity contribution < 1.29 is 5.11 Å². The first-order chi connectivity index (χ1) is 6.24. The van der Waals surface area contributed by atoms with Crippen LogP contribution in [0.3, 0.4) is 0 Å². The second-order valence-electron chi connectivity index (χ2n) is 3.73. The number of rotatable bonds is 3. The van der Waals surface area contributed by atoms with Crippen LogP contribution in [0.2, 0.25) is 0 Å². The number of anilines is 1. The maximum absolute atomic E-state index is 9.10. The molecule has 0 unspecified atom stereocenters. The van der Waals surface area contributed by atoms with Crippen LogP contribution < -0.4 is 5.32 Å². The highest BCUT2D eigenvalue weighted by Crippen LogP contribution is 2.37. The van der Waals surface area contributed by atoms with Crippen molar-refractivity contribution in [3.8, 4) is 0 Å². The molecular weight excluding hydrogens is 164 g/mol. The number of aromatic nitrogens is 1. The van der Waals surface area contributed by atoms with Crippen LogP contribution in [-0.2, 0) is 0 Å². The summed E-state index contributed by atoms with van der Waals surface area (Å²) in [4.78, 5) is 4.32. The first-order valence-electron chi connectivity index (χ1n) is 4.57. The van der Waals surface area contributed by atoms with E-state index in [1.54, 1.807) is 0 Å². The van der Waals surface area contributed by atoms with Gasteiger partial charge in [0.1, 0.15) is 5.82 Å². The predicted octanol–water partition coefficient (Wildman–Crippen LogP) is 1.33. The number of pyridine rings is 1. The van der Waals surface area contributed by atoms with Crippen LogP contribution in [0, 0.1) is 6.92 Å². The summed E-state index contributed by atoms with van der Waals surface area (Å²) in [6.45, 7) is 2.16. The molecule has 1 heterocycles. The molecule has 1 aromatic rings. The molecule has 1 fully saturated rings. The van der Waals surface area contributed by atoms with Gasteiger partial charge in [-0.3, -0.25) is 0 Å². The van der Waals surface area contributed by atoms with E-state index in [-0.39, 0.29) is 12.1 Å². The first kappa shape index (κ1) is 8.51. The maximum atomic E-state index is 9.10. The minimum absolute atomic E-state index is 0.0687. The number of nitrogens with one attached hydrogen (secondary N) is 1. The molecule has 0 aliphatic heterocycles. The van der Waals surface area contributed by atoms with Crippen molar-refractivity contribution in [2.45, 2.75) is 25.3 Å². The molecule has 1 aromatic heterocycles. The Morgan fingerprint density at radius 3 is 2.85 bits per heavy atom. The van der Waals surface area contributed by atoms with Crippen LogP contribution in [0.25, 0.3) is 0 Å². The SMILES string of the molecule is Cc1cccc(NC2(CO)CC2)n1. The second kappa shape index (κ2) is 3.00. The van der Waals surface area contributed by atoms with Crippen LogP contribution in [-0.4, -0.2) is 22.2 Å². The van der Waals surface area contributed by atoms with Gasteiger partial charge < -0.3 is 10.4 Å². The molecule has 3 heteroatoms. The third-order valence-corrected chi connectivity index (χ3v) is 2.44. The summed E-state index contributed by atoms with van der Waals surface area (Å²) in [7, 11) is 0. The lowest BCUT2D eigenvalue weighted by molar-refractivity contribution is 0.266. The number of hydrogen-bond acceptors (Lipinski definition) is 3. The van der Waals surface area contributed by atoms with Crippen molar-refractivity contribution in [3.05, 3.63) is 23.9 Å². The summed E-state index contributed by atoms with van der Waals surface area (Å²) < 4.78 is 0. The Labute approximate surface area is 77.8 Å². The quantitative estimate of drug-likeness (QED) is 0.734. The molecule has 1 saturated carbocycles. The fourth-order valence-electron chi connectivity index (χ4n) is 1.36. The Morgan fingerprint density at radius 1 is 1.54 bits per heavy atom. The van der Waals surface area contributed by atoms with E-state index in [1.807, 2.05) is 25.1 Å². The van der Waals surface area contributed by atoms with E-state index in [4.69, 9.17) is 5.11 Å². The van der Waals surface area contributed by atoms with E-state index >= 15 is 0 Å². The topological polar surface area (TPSA) is 45.1 Å². The largest absolute Gasteiger partial charge is 0.394 e. The van der Waals surface area contributed by atoms with Crippen LogP contribution in [0.1, 0.15) is 18.5 Å². The van der Waals surface area contributed by atoms with E-state index in [1.165, 1.54) is 0 Å². The van der Waals surface area contributed by atoms with Crippen LogP contribution >= 0.6 is 0 Å². The summed E-state index contributed by atoms with van der Waals surface area (Å²) in [5.74, 6) is 0.867. The Bertz CT molecular complexity index is 308. The molecule has 0 radical (unpaired) electrons. The highest BCUT2D eigenvalue weighted by atomic mass is 16.3. The van der Waals surface area contributed by atoms with Gasteiger partial charge in [-0.15, -0.1) is 0 Å². The van der Waals surface area contributed by atoms with E-state index in [0.29, 0.717) is 0 Å². The first-order valence-corrected chi connectivity index (χ1v) is 4.57. The summed E-state index contributed by atoms with van der Waals surface area (Å²) in [5, 5.41) is 12.4. The Kier molecular flexibility index (Phi) is 1.96. The molecule has 3 nitrogen and oxygen atoms in total. The summed E-state index contributed by atoms with van der Waals surface area (Å²) in [6, 6.07) is 5.87. The van der Waals surface area contributed by atoms with Gasteiger partial charge in [0.25, 0.3) is 0 Å². The molecule has 1 aliphatic carbocycles. The zero-order valence-corrected chi connectivity index (χ0v) is 7.75. The van der Waals surface area contributed by atoms with Crippen molar-refractivity contribution in [1.29, 1.82) is 0 Å². The number of aliphatic hydroxyl groups is 1. The van der Waals surface area contributed by atoms with Crippen LogP contribution in [0.4, 0.5) is 5.82 Å². The monoisotopic (exact) mass is 178 g/mol.